The molecule has 0 bridgehead atoms. The Balaban J connectivity index is 2.07. The number of carbonyl (C=O) groups is 3. The normalized spacial score (nSPS) is 18.1. The molecular weight excluding hydrogens is 638 g/mol. The maximum absolute atomic E-state index is 14.3. The Morgan fingerprint density at radius 2 is 1.53 bits per heavy atom. The number of nitrogens with zero attached hydrogens (tertiary/aromatic N) is 1. The Morgan fingerprint density at radius 3 is 1.98 bits per heavy atom. The zero-order valence-corrected chi connectivity index (χ0v) is 25.8. The molecule has 7 nitrogen and oxygen atoms in total. The summed E-state index contributed by atoms with van der Waals surface area (Å²) in [5.41, 5.74) is -3.05. The van der Waals surface area contributed by atoms with Gasteiger partial charge in [0.1, 0.15) is 5.75 Å². The average molecular weight is 664 g/mol. The van der Waals surface area contributed by atoms with Crippen molar-refractivity contribution < 1.29 is 51.3 Å². The SMILES string of the molecule is CCS[C@@H]1[C@@H]([C@@H](C)O)C(=O)N1C(C(=O)O)=C(Oc1ccc(C(=S)c2c(F)c(F)c(F)c(F)c2F)cc1)SC(=O)C(C)(C)C. The van der Waals surface area contributed by atoms with Crippen LogP contribution in [0.3, 0.4) is 0 Å². The van der Waals surface area contributed by atoms with E-state index in [0.29, 0.717) is 17.5 Å². The lowest BCUT2D eigenvalue weighted by Crippen LogP contribution is -2.63. The Morgan fingerprint density at radius 1 is 1.02 bits per heavy atom. The lowest BCUT2D eigenvalue weighted by atomic mass is 9.92. The Bertz CT molecular complexity index is 1480. The summed E-state index contributed by atoms with van der Waals surface area (Å²) in [5, 5.41) is 18.5. The number of thiocarbonyl (C=S) groups is 1. The summed E-state index contributed by atoms with van der Waals surface area (Å²) in [6.07, 6.45) is -1.08. The van der Waals surface area contributed by atoms with E-state index in [1.54, 1.807) is 27.7 Å². The van der Waals surface area contributed by atoms with Gasteiger partial charge in [0.15, 0.2) is 34.1 Å². The molecule has 3 atom stereocenters. The molecule has 1 aliphatic heterocycles. The van der Waals surface area contributed by atoms with E-state index in [-0.39, 0.29) is 11.3 Å². The van der Waals surface area contributed by atoms with E-state index in [1.165, 1.54) is 30.8 Å². The molecule has 1 aliphatic rings. The number of carboxylic acids is 1. The van der Waals surface area contributed by atoms with Crippen molar-refractivity contribution in [3.8, 4) is 5.75 Å². The Hall–Kier alpha value is -3.01. The molecule has 1 fully saturated rings. The number of β-lactam (4-membered cyclic amide) rings is 1. The Kier molecular flexibility index (Phi) is 10.7. The summed E-state index contributed by atoms with van der Waals surface area (Å²) in [5.74, 6) is -13.7. The third-order valence-electron chi connectivity index (χ3n) is 6.14. The third-order valence-corrected chi connectivity index (χ3v) is 9.02. The van der Waals surface area contributed by atoms with Gasteiger partial charge in [-0.1, -0.05) is 39.9 Å². The summed E-state index contributed by atoms with van der Waals surface area (Å²) in [4.78, 5) is 38.7. The summed E-state index contributed by atoms with van der Waals surface area (Å²) < 4.78 is 75.3. The molecule has 3 rings (SSSR count). The van der Waals surface area contributed by atoms with Crippen molar-refractivity contribution in [3.63, 3.8) is 0 Å². The molecule has 0 radical (unpaired) electrons. The molecule has 232 valence electrons. The quantitative estimate of drug-likeness (QED) is 0.0463. The Labute approximate surface area is 257 Å². The minimum atomic E-state index is -2.33. The number of hydrogen-bond acceptors (Lipinski definition) is 8. The zero-order valence-electron chi connectivity index (χ0n) is 23.3. The van der Waals surface area contributed by atoms with Crippen molar-refractivity contribution in [1.82, 2.24) is 4.90 Å². The topological polar surface area (TPSA) is 104 Å². The summed E-state index contributed by atoms with van der Waals surface area (Å²) in [6, 6.07) is 4.62. The number of aliphatic hydroxyl groups excluding tert-OH is 1. The number of halogens is 5. The van der Waals surface area contributed by atoms with Crippen molar-refractivity contribution in [2.24, 2.45) is 11.3 Å². The van der Waals surface area contributed by atoms with Crippen LogP contribution in [0.25, 0.3) is 0 Å². The summed E-state index contributed by atoms with van der Waals surface area (Å²) in [6.45, 7) is 7.94. The van der Waals surface area contributed by atoms with E-state index in [9.17, 15) is 46.5 Å². The molecule has 2 N–H and O–H groups in total. The van der Waals surface area contributed by atoms with Crippen LogP contribution in [0, 0.1) is 40.4 Å². The van der Waals surface area contributed by atoms with Crippen molar-refractivity contribution in [1.29, 1.82) is 0 Å². The molecule has 1 amide bonds. The second kappa shape index (κ2) is 13.3. The maximum atomic E-state index is 14.3. The van der Waals surface area contributed by atoms with E-state index in [2.05, 4.69) is 0 Å². The van der Waals surface area contributed by atoms with Crippen LogP contribution in [0.2, 0.25) is 0 Å². The molecular formula is C28H26F5NO6S3. The number of carbonyl (C=O) groups excluding carboxylic acids is 2. The predicted octanol–water partition coefficient (Wildman–Crippen LogP) is 6.01. The number of thioether (sulfide) groups is 2. The number of amides is 1. The van der Waals surface area contributed by atoms with Crippen LogP contribution in [0.1, 0.15) is 45.7 Å². The van der Waals surface area contributed by atoms with Crippen LogP contribution >= 0.6 is 35.7 Å². The van der Waals surface area contributed by atoms with Crippen LogP contribution < -0.4 is 4.74 Å². The van der Waals surface area contributed by atoms with Gasteiger partial charge in [0.05, 0.1) is 27.8 Å². The van der Waals surface area contributed by atoms with Crippen LogP contribution in [-0.4, -0.2) is 54.2 Å². The van der Waals surface area contributed by atoms with Crippen molar-refractivity contribution in [3.05, 3.63) is 75.3 Å². The number of likely N-dealkylation sites (tertiary alicyclic amines) is 1. The minimum Gasteiger partial charge on any atom is -0.476 e. The molecule has 15 heteroatoms. The highest BCUT2D eigenvalue weighted by atomic mass is 32.2. The number of rotatable bonds is 10. The fraction of sp³-hybridized carbons (Fsp3) is 0.357. The molecule has 2 aromatic rings. The van der Waals surface area contributed by atoms with Crippen LogP contribution in [-0.2, 0) is 14.4 Å². The van der Waals surface area contributed by atoms with E-state index < -0.39 is 90.1 Å². The molecule has 0 aliphatic carbocycles. The smallest absolute Gasteiger partial charge is 0.357 e. The molecule has 0 aromatic heterocycles. The van der Waals surface area contributed by atoms with Gasteiger partial charge in [0.25, 0.3) is 0 Å². The van der Waals surface area contributed by atoms with Gasteiger partial charge in [0, 0.05) is 5.41 Å². The largest absolute Gasteiger partial charge is 0.476 e. The fourth-order valence-electron chi connectivity index (χ4n) is 3.89. The van der Waals surface area contributed by atoms with E-state index in [4.69, 9.17) is 17.0 Å². The highest BCUT2D eigenvalue weighted by Crippen LogP contribution is 2.43. The molecule has 0 unspecified atom stereocenters. The second-order valence-corrected chi connectivity index (χ2v) is 13.0. The number of aliphatic carboxylic acids is 1. The molecule has 1 saturated heterocycles. The van der Waals surface area contributed by atoms with Crippen LogP contribution in [0.4, 0.5) is 22.0 Å². The maximum Gasteiger partial charge on any atom is 0.357 e. The van der Waals surface area contributed by atoms with Gasteiger partial charge in [-0.3, -0.25) is 14.5 Å². The number of ether oxygens (including phenoxy) is 1. The molecule has 2 aromatic carbocycles. The monoisotopic (exact) mass is 663 g/mol. The summed E-state index contributed by atoms with van der Waals surface area (Å²) >= 11 is 6.64. The van der Waals surface area contributed by atoms with Gasteiger partial charge < -0.3 is 14.9 Å². The lowest BCUT2D eigenvalue weighted by Gasteiger charge is -2.47. The van der Waals surface area contributed by atoms with E-state index in [1.807, 2.05) is 0 Å². The first-order chi connectivity index (χ1) is 19.9. The van der Waals surface area contributed by atoms with Crippen LogP contribution in [0.15, 0.2) is 35.1 Å². The number of aliphatic hydroxyl groups is 1. The number of benzene rings is 2. The first-order valence-electron chi connectivity index (χ1n) is 12.6. The molecule has 43 heavy (non-hydrogen) atoms. The van der Waals surface area contributed by atoms with Gasteiger partial charge in [-0.2, -0.15) is 0 Å². The fourth-order valence-corrected chi connectivity index (χ4v) is 6.35. The van der Waals surface area contributed by atoms with Gasteiger partial charge in [0.2, 0.25) is 16.8 Å². The van der Waals surface area contributed by atoms with Gasteiger partial charge in [-0.25, -0.2) is 26.7 Å². The predicted molar refractivity (Wildman–Crippen MR) is 155 cm³/mol. The zero-order chi connectivity index (χ0) is 32.5. The average Bonchev–Trinajstić information content (AvgIpc) is 2.92. The second-order valence-electron chi connectivity index (χ2n) is 10.3. The van der Waals surface area contributed by atoms with Crippen molar-refractivity contribution >= 4 is 57.6 Å². The van der Waals surface area contributed by atoms with Gasteiger partial charge >= 0.3 is 5.97 Å². The minimum absolute atomic E-state index is 0.105. The highest BCUT2D eigenvalue weighted by Gasteiger charge is 2.54. The summed E-state index contributed by atoms with van der Waals surface area (Å²) in [7, 11) is 0. The van der Waals surface area contributed by atoms with Crippen LogP contribution in [0.5, 0.6) is 5.75 Å². The van der Waals surface area contributed by atoms with Gasteiger partial charge in [-0.15, -0.1) is 11.8 Å². The first-order valence-corrected chi connectivity index (χ1v) is 14.9. The third kappa shape index (κ3) is 6.89. The first kappa shape index (κ1) is 34.5. The van der Waals surface area contributed by atoms with E-state index >= 15 is 0 Å². The molecule has 0 saturated carbocycles. The van der Waals surface area contributed by atoms with Crippen molar-refractivity contribution in [2.45, 2.75) is 46.1 Å². The number of carboxylic acid groups (broad SMARTS) is 1. The standard InChI is InChI=1S/C28H26F5NO6S3/c1-6-42-24-14(11(2)35)23(36)34(24)21(25(37)38)26(43-27(39)28(3,4)5)40-13-9-7-12(8-10-13)22(41)15-16(29)18(31)20(33)19(32)17(15)30/h7-11,14,24,35H,6H2,1-5H3,(H,37,38)/t11-,14+,24-/m1/s1. The van der Waals surface area contributed by atoms with Crippen molar-refractivity contribution in [2.75, 3.05) is 5.75 Å². The molecule has 1 heterocycles. The molecule has 0 spiro atoms. The number of hydrogen-bond donors (Lipinski definition) is 2. The lowest BCUT2D eigenvalue weighted by molar-refractivity contribution is -0.157. The van der Waals surface area contributed by atoms with Gasteiger partial charge in [-0.05, 0) is 54.3 Å². The highest BCUT2D eigenvalue weighted by molar-refractivity contribution is 8.16. The van der Waals surface area contributed by atoms with E-state index in [0.717, 1.165) is 17.0 Å².